The molecule has 6 nitrogen and oxygen atoms in total. The van der Waals surface area contributed by atoms with E-state index in [2.05, 4.69) is 15.5 Å². The largest absolute Gasteiger partial charge is 0.486 e. The summed E-state index contributed by atoms with van der Waals surface area (Å²) >= 11 is 0. The summed E-state index contributed by atoms with van der Waals surface area (Å²) in [6, 6.07) is 3.87. The highest BCUT2D eigenvalue weighted by atomic mass is 16.6. The van der Waals surface area contributed by atoms with Gasteiger partial charge in [0.05, 0.1) is 0 Å². The van der Waals surface area contributed by atoms with Gasteiger partial charge in [0.1, 0.15) is 18.9 Å². The number of aliphatic hydroxyl groups is 1. The molecule has 0 saturated carbocycles. The fourth-order valence-corrected chi connectivity index (χ4v) is 3.27. The van der Waals surface area contributed by atoms with Gasteiger partial charge in [0, 0.05) is 50.4 Å². The van der Waals surface area contributed by atoms with Gasteiger partial charge >= 0.3 is 0 Å². The predicted molar refractivity (Wildman–Crippen MR) is 79.0 cm³/mol. The maximum atomic E-state index is 9.76. The Morgan fingerprint density at radius 3 is 3.00 bits per heavy atom. The summed E-state index contributed by atoms with van der Waals surface area (Å²) in [5.74, 6) is 1.60. The molecule has 0 amide bonds. The van der Waals surface area contributed by atoms with Gasteiger partial charge in [-0.25, -0.2) is 0 Å². The molecule has 1 aromatic rings. The van der Waals surface area contributed by atoms with Crippen LogP contribution in [0.3, 0.4) is 0 Å². The van der Waals surface area contributed by atoms with Crippen LogP contribution in [0.1, 0.15) is 5.56 Å². The Balaban J connectivity index is 1.50. The average Bonchev–Trinajstić information content (AvgIpc) is 2.89. The molecule has 4 rings (SSSR count). The number of rotatable bonds is 2. The topological polar surface area (TPSA) is 66.0 Å². The first-order valence-electron chi connectivity index (χ1n) is 7.62. The Morgan fingerprint density at radius 2 is 2.14 bits per heavy atom. The van der Waals surface area contributed by atoms with Crippen molar-refractivity contribution in [1.82, 2.24) is 10.2 Å². The molecule has 0 spiro atoms. The van der Waals surface area contributed by atoms with E-state index in [9.17, 15) is 5.11 Å². The highest BCUT2D eigenvalue weighted by molar-refractivity contribution is 5.66. The van der Waals surface area contributed by atoms with Gasteiger partial charge in [0.2, 0.25) is 0 Å². The third-order valence-corrected chi connectivity index (χ3v) is 4.32. The number of benzene rings is 1. The van der Waals surface area contributed by atoms with Crippen molar-refractivity contribution in [2.24, 2.45) is 0 Å². The molecule has 3 aliphatic heterocycles. The van der Waals surface area contributed by atoms with E-state index < -0.39 is 6.23 Å². The van der Waals surface area contributed by atoms with Crippen LogP contribution in [0, 0.1) is 0 Å². The number of hydrogen-bond acceptors (Lipinski definition) is 6. The highest BCUT2D eigenvalue weighted by Gasteiger charge is 2.30. The fraction of sp³-hybridized carbons (Fsp3) is 0.600. The van der Waals surface area contributed by atoms with Crippen LogP contribution in [0.4, 0.5) is 5.69 Å². The molecule has 3 aliphatic rings. The lowest BCUT2D eigenvalue weighted by Crippen LogP contribution is -2.49. The van der Waals surface area contributed by atoms with Gasteiger partial charge in [0.15, 0.2) is 11.5 Å². The van der Waals surface area contributed by atoms with E-state index in [0.29, 0.717) is 13.0 Å². The second-order valence-electron chi connectivity index (χ2n) is 5.88. The molecule has 2 atom stereocenters. The smallest absolute Gasteiger partial charge is 0.167 e. The summed E-state index contributed by atoms with van der Waals surface area (Å²) in [6.45, 7) is 5.66. The lowest BCUT2D eigenvalue weighted by Gasteiger charge is -2.34. The summed E-state index contributed by atoms with van der Waals surface area (Å²) in [4.78, 5) is 2.41. The minimum atomic E-state index is -0.524. The fourth-order valence-electron chi connectivity index (χ4n) is 3.27. The Labute approximate surface area is 124 Å². The Morgan fingerprint density at radius 1 is 1.29 bits per heavy atom. The predicted octanol–water partition coefficient (Wildman–Crippen LogP) is 0.0180. The Hall–Kier alpha value is -1.50. The quantitative estimate of drug-likeness (QED) is 0.714. The van der Waals surface area contributed by atoms with Crippen molar-refractivity contribution in [3.05, 3.63) is 17.7 Å². The normalized spacial score (nSPS) is 28.0. The van der Waals surface area contributed by atoms with Gasteiger partial charge in [-0.05, 0) is 12.1 Å². The van der Waals surface area contributed by atoms with E-state index in [1.54, 1.807) is 0 Å². The number of ether oxygens (including phenoxy) is 2. The summed E-state index contributed by atoms with van der Waals surface area (Å²) in [7, 11) is 0. The van der Waals surface area contributed by atoms with Crippen molar-refractivity contribution in [2.45, 2.75) is 18.8 Å². The Bertz CT molecular complexity index is 531. The van der Waals surface area contributed by atoms with Crippen molar-refractivity contribution in [3.63, 3.8) is 0 Å². The van der Waals surface area contributed by atoms with E-state index in [4.69, 9.17) is 9.47 Å². The van der Waals surface area contributed by atoms with E-state index >= 15 is 0 Å². The van der Waals surface area contributed by atoms with E-state index in [0.717, 1.165) is 55.5 Å². The van der Waals surface area contributed by atoms with Crippen molar-refractivity contribution in [3.8, 4) is 11.5 Å². The molecule has 1 aromatic carbocycles. The van der Waals surface area contributed by atoms with Crippen LogP contribution in [-0.2, 0) is 6.42 Å². The minimum absolute atomic E-state index is 0.0554. The molecule has 21 heavy (non-hydrogen) atoms. The molecular weight excluding hydrogens is 270 g/mol. The molecule has 114 valence electrons. The van der Waals surface area contributed by atoms with Gasteiger partial charge in [-0.3, -0.25) is 4.90 Å². The van der Waals surface area contributed by atoms with E-state index in [1.165, 1.54) is 0 Å². The third-order valence-electron chi connectivity index (χ3n) is 4.32. The van der Waals surface area contributed by atoms with E-state index in [-0.39, 0.29) is 6.10 Å². The lowest BCUT2D eigenvalue weighted by atomic mass is 10.1. The van der Waals surface area contributed by atoms with Gasteiger partial charge in [-0.15, -0.1) is 0 Å². The summed E-state index contributed by atoms with van der Waals surface area (Å²) in [5.41, 5.74) is 1.98. The Kier molecular flexibility index (Phi) is 3.37. The van der Waals surface area contributed by atoms with Crippen molar-refractivity contribution in [2.75, 3.05) is 44.6 Å². The van der Waals surface area contributed by atoms with Gasteiger partial charge in [-0.1, -0.05) is 0 Å². The zero-order valence-electron chi connectivity index (χ0n) is 12.0. The van der Waals surface area contributed by atoms with Gasteiger partial charge in [0.25, 0.3) is 0 Å². The number of aliphatic hydroxyl groups excluding tert-OH is 1. The number of anilines is 1. The van der Waals surface area contributed by atoms with Gasteiger partial charge in [-0.2, -0.15) is 0 Å². The van der Waals surface area contributed by atoms with Crippen LogP contribution < -0.4 is 20.1 Å². The molecule has 0 bridgehead atoms. The standard InChI is InChI=1S/C15H21N3O3/c19-14-7-11-12(17-14)1-2-13-15(11)21-10(9-20-13)8-18-5-3-16-4-6-18/h1-2,10,14,16-17,19H,3-9H2. The molecular formula is C15H21N3O3. The second-order valence-corrected chi connectivity index (χ2v) is 5.88. The monoisotopic (exact) mass is 291 g/mol. The first-order chi connectivity index (χ1) is 10.3. The van der Waals surface area contributed by atoms with Crippen LogP contribution in [-0.4, -0.2) is 61.7 Å². The van der Waals surface area contributed by atoms with Crippen LogP contribution in [0.15, 0.2) is 12.1 Å². The zero-order valence-corrected chi connectivity index (χ0v) is 12.0. The maximum Gasteiger partial charge on any atom is 0.167 e. The number of piperazine rings is 1. The lowest BCUT2D eigenvalue weighted by molar-refractivity contribution is 0.0542. The summed E-state index contributed by atoms with van der Waals surface area (Å²) in [6.07, 6.45) is 0.103. The minimum Gasteiger partial charge on any atom is -0.486 e. The summed E-state index contributed by atoms with van der Waals surface area (Å²) < 4.78 is 12.0. The molecule has 3 N–H and O–H groups in total. The zero-order chi connectivity index (χ0) is 14.2. The maximum absolute atomic E-state index is 9.76. The first kappa shape index (κ1) is 13.2. The number of nitrogens with zero attached hydrogens (tertiary/aromatic N) is 1. The van der Waals surface area contributed by atoms with Crippen molar-refractivity contribution < 1.29 is 14.6 Å². The van der Waals surface area contributed by atoms with E-state index in [1.807, 2.05) is 12.1 Å². The molecule has 6 heteroatoms. The van der Waals surface area contributed by atoms with Crippen molar-refractivity contribution >= 4 is 5.69 Å². The molecule has 0 aliphatic carbocycles. The molecule has 1 saturated heterocycles. The molecule has 3 heterocycles. The van der Waals surface area contributed by atoms with Crippen LogP contribution >= 0.6 is 0 Å². The third kappa shape index (κ3) is 2.54. The molecule has 2 unspecified atom stereocenters. The SMILES string of the molecule is OC1Cc2c(ccc3c2OC(CN2CCNCC2)CO3)N1. The molecule has 0 radical (unpaired) electrons. The van der Waals surface area contributed by atoms with Crippen molar-refractivity contribution in [1.29, 1.82) is 0 Å². The molecule has 0 aromatic heterocycles. The first-order valence-corrected chi connectivity index (χ1v) is 7.62. The van der Waals surface area contributed by atoms with Crippen LogP contribution in [0.5, 0.6) is 11.5 Å². The van der Waals surface area contributed by atoms with Crippen LogP contribution in [0.25, 0.3) is 0 Å². The summed E-state index contributed by atoms with van der Waals surface area (Å²) in [5, 5.41) is 16.2. The number of hydrogen-bond donors (Lipinski definition) is 3. The number of fused-ring (bicyclic) bond motifs is 3. The molecule has 1 fully saturated rings. The average molecular weight is 291 g/mol. The highest BCUT2D eigenvalue weighted by Crippen LogP contribution is 2.42. The van der Waals surface area contributed by atoms with Gasteiger partial charge < -0.3 is 25.2 Å². The van der Waals surface area contributed by atoms with Crippen LogP contribution in [0.2, 0.25) is 0 Å². The second kappa shape index (κ2) is 5.36. The number of nitrogens with one attached hydrogen (secondary N) is 2.